The van der Waals surface area contributed by atoms with Crippen LogP contribution in [-0.2, 0) is 6.18 Å². The molecule has 1 aromatic carbocycles. The Labute approximate surface area is 109 Å². The maximum atomic E-state index is 12.4. The molecular weight excluding hydrogens is 257 g/mol. The van der Waals surface area contributed by atoms with Gasteiger partial charge in [-0.3, -0.25) is 4.79 Å². The molecule has 1 amide bonds. The highest BCUT2D eigenvalue weighted by atomic mass is 19.4. The number of hydrogen-bond donors (Lipinski definition) is 2. The standard InChI is InChI=1S/C13H15F3N2O/c14-13(15,16)9-3-1-8(2-4-9)12(19)18-11-6-5-10(17)7-11/h1-4,10-11H,5-7,17H2,(H,18,19)/t10-,11-/m0/s1. The monoisotopic (exact) mass is 272 g/mol. The van der Waals surface area contributed by atoms with Crippen LogP contribution in [0.4, 0.5) is 13.2 Å². The van der Waals surface area contributed by atoms with Gasteiger partial charge in [-0.05, 0) is 43.5 Å². The summed E-state index contributed by atoms with van der Waals surface area (Å²) in [6.07, 6.45) is -1.99. The van der Waals surface area contributed by atoms with E-state index in [1.165, 1.54) is 12.1 Å². The average Bonchev–Trinajstić information content (AvgIpc) is 2.74. The van der Waals surface area contributed by atoms with E-state index in [0.717, 1.165) is 25.0 Å². The number of nitrogens with two attached hydrogens (primary N) is 1. The van der Waals surface area contributed by atoms with E-state index >= 15 is 0 Å². The Bertz CT molecular complexity index is 456. The topological polar surface area (TPSA) is 55.1 Å². The summed E-state index contributed by atoms with van der Waals surface area (Å²) in [6, 6.07) is 4.31. The van der Waals surface area contributed by atoms with Gasteiger partial charge in [-0.2, -0.15) is 13.2 Å². The zero-order valence-electron chi connectivity index (χ0n) is 10.2. The van der Waals surface area contributed by atoms with E-state index in [0.29, 0.717) is 6.42 Å². The number of nitrogens with one attached hydrogen (secondary N) is 1. The molecule has 104 valence electrons. The van der Waals surface area contributed by atoms with E-state index < -0.39 is 11.7 Å². The zero-order chi connectivity index (χ0) is 14.0. The lowest BCUT2D eigenvalue weighted by Gasteiger charge is -2.13. The Hall–Kier alpha value is -1.56. The first-order valence-corrected chi connectivity index (χ1v) is 6.10. The predicted octanol–water partition coefficient (Wildman–Crippen LogP) is 2.32. The van der Waals surface area contributed by atoms with Crippen LogP contribution in [0, 0.1) is 0 Å². The Balaban J connectivity index is 2.00. The van der Waals surface area contributed by atoms with Crippen molar-refractivity contribution in [2.75, 3.05) is 0 Å². The lowest BCUT2D eigenvalue weighted by atomic mass is 10.1. The average molecular weight is 272 g/mol. The Morgan fingerprint density at radius 2 is 1.84 bits per heavy atom. The fourth-order valence-corrected chi connectivity index (χ4v) is 2.23. The third kappa shape index (κ3) is 3.47. The number of carbonyl (C=O) groups excluding carboxylic acids is 1. The zero-order valence-corrected chi connectivity index (χ0v) is 10.2. The molecule has 0 aromatic heterocycles. The molecule has 1 aliphatic rings. The molecule has 1 fully saturated rings. The Kier molecular flexibility index (Phi) is 3.80. The smallest absolute Gasteiger partial charge is 0.349 e. The minimum Gasteiger partial charge on any atom is -0.349 e. The minimum absolute atomic E-state index is 0.0183. The summed E-state index contributed by atoms with van der Waals surface area (Å²) < 4.78 is 37.1. The molecule has 3 nitrogen and oxygen atoms in total. The largest absolute Gasteiger partial charge is 0.416 e. The van der Waals surface area contributed by atoms with Gasteiger partial charge in [0.1, 0.15) is 0 Å². The van der Waals surface area contributed by atoms with Gasteiger partial charge in [0.15, 0.2) is 0 Å². The maximum absolute atomic E-state index is 12.4. The molecule has 1 saturated carbocycles. The minimum atomic E-state index is -4.38. The van der Waals surface area contributed by atoms with Crippen LogP contribution in [0.1, 0.15) is 35.2 Å². The summed E-state index contributed by atoms with van der Waals surface area (Å²) in [5.41, 5.74) is 5.20. The van der Waals surface area contributed by atoms with Crippen LogP contribution in [0.5, 0.6) is 0 Å². The summed E-state index contributed by atoms with van der Waals surface area (Å²) in [5.74, 6) is -0.354. The molecule has 2 atom stereocenters. The molecule has 0 heterocycles. The van der Waals surface area contributed by atoms with Crippen molar-refractivity contribution in [2.45, 2.75) is 37.5 Å². The lowest BCUT2D eigenvalue weighted by Crippen LogP contribution is -2.34. The molecule has 0 unspecified atom stereocenters. The van der Waals surface area contributed by atoms with Crippen LogP contribution in [0.3, 0.4) is 0 Å². The highest BCUT2D eigenvalue weighted by Crippen LogP contribution is 2.29. The first-order chi connectivity index (χ1) is 8.86. The molecule has 0 radical (unpaired) electrons. The van der Waals surface area contributed by atoms with E-state index in [-0.39, 0.29) is 23.6 Å². The van der Waals surface area contributed by atoms with Gasteiger partial charge in [0.25, 0.3) is 5.91 Å². The molecular formula is C13H15F3N2O. The van der Waals surface area contributed by atoms with E-state index in [1.54, 1.807) is 0 Å². The van der Waals surface area contributed by atoms with Crippen molar-refractivity contribution in [3.63, 3.8) is 0 Å². The molecule has 6 heteroatoms. The van der Waals surface area contributed by atoms with Crippen molar-refractivity contribution in [2.24, 2.45) is 5.73 Å². The second kappa shape index (κ2) is 5.21. The molecule has 1 aliphatic carbocycles. The summed E-state index contributed by atoms with van der Waals surface area (Å²) in [4.78, 5) is 11.8. The van der Waals surface area contributed by atoms with E-state index in [2.05, 4.69) is 5.32 Å². The molecule has 0 bridgehead atoms. The number of halogens is 3. The SMILES string of the molecule is N[C@H]1CC[C@H](NC(=O)c2ccc(C(F)(F)F)cc2)C1. The summed E-state index contributed by atoms with van der Waals surface area (Å²) in [6.45, 7) is 0. The number of alkyl halides is 3. The number of amides is 1. The van der Waals surface area contributed by atoms with Gasteiger partial charge in [0.2, 0.25) is 0 Å². The highest BCUT2D eigenvalue weighted by molar-refractivity contribution is 5.94. The van der Waals surface area contributed by atoms with Gasteiger partial charge < -0.3 is 11.1 Å². The van der Waals surface area contributed by atoms with Crippen molar-refractivity contribution in [1.29, 1.82) is 0 Å². The third-order valence-corrected chi connectivity index (χ3v) is 3.28. The lowest BCUT2D eigenvalue weighted by molar-refractivity contribution is -0.137. The second-order valence-corrected chi connectivity index (χ2v) is 4.82. The van der Waals surface area contributed by atoms with E-state index in [9.17, 15) is 18.0 Å². The summed E-state index contributed by atoms with van der Waals surface area (Å²) >= 11 is 0. The van der Waals surface area contributed by atoms with Gasteiger partial charge in [-0.25, -0.2) is 0 Å². The number of hydrogen-bond acceptors (Lipinski definition) is 2. The molecule has 0 saturated heterocycles. The van der Waals surface area contributed by atoms with Crippen molar-refractivity contribution in [1.82, 2.24) is 5.32 Å². The molecule has 3 N–H and O–H groups in total. The highest BCUT2D eigenvalue weighted by Gasteiger charge is 2.30. The summed E-state index contributed by atoms with van der Waals surface area (Å²) in [5, 5.41) is 2.78. The van der Waals surface area contributed by atoms with Gasteiger partial charge in [-0.1, -0.05) is 0 Å². The number of rotatable bonds is 2. The quantitative estimate of drug-likeness (QED) is 0.868. The third-order valence-electron chi connectivity index (χ3n) is 3.28. The van der Waals surface area contributed by atoms with Crippen LogP contribution in [0.2, 0.25) is 0 Å². The molecule has 19 heavy (non-hydrogen) atoms. The number of benzene rings is 1. The van der Waals surface area contributed by atoms with Gasteiger partial charge in [0, 0.05) is 17.6 Å². The van der Waals surface area contributed by atoms with Gasteiger partial charge in [-0.15, -0.1) is 0 Å². The number of carbonyl (C=O) groups is 1. The van der Waals surface area contributed by atoms with Crippen LogP contribution >= 0.6 is 0 Å². The first kappa shape index (κ1) is 13.9. The van der Waals surface area contributed by atoms with Gasteiger partial charge in [0.05, 0.1) is 5.56 Å². The predicted molar refractivity (Wildman–Crippen MR) is 64.5 cm³/mol. The first-order valence-electron chi connectivity index (χ1n) is 6.10. The Morgan fingerprint density at radius 1 is 1.21 bits per heavy atom. The maximum Gasteiger partial charge on any atom is 0.416 e. The fourth-order valence-electron chi connectivity index (χ4n) is 2.23. The van der Waals surface area contributed by atoms with Crippen molar-refractivity contribution >= 4 is 5.91 Å². The summed E-state index contributed by atoms with van der Waals surface area (Å²) in [7, 11) is 0. The Morgan fingerprint density at radius 3 is 2.32 bits per heavy atom. The van der Waals surface area contributed by atoms with Crippen LogP contribution in [0.15, 0.2) is 24.3 Å². The molecule has 2 rings (SSSR count). The van der Waals surface area contributed by atoms with Crippen LogP contribution in [0.25, 0.3) is 0 Å². The van der Waals surface area contributed by atoms with Crippen LogP contribution < -0.4 is 11.1 Å². The second-order valence-electron chi connectivity index (χ2n) is 4.82. The van der Waals surface area contributed by atoms with Crippen molar-refractivity contribution < 1.29 is 18.0 Å². The normalized spacial score (nSPS) is 23.4. The fraction of sp³-hybridized carbons (Fsp3) is 0.462. The van der Waals surface area contributed by atoms with Gasteiger partial charge >= 0.3 is 6.18 Å². The molecule has 0 spiro atoms. The van der Waals surface area contributed by atoms with E-state index in [1.807, 2.05) is 0 Å². The molecule has 0 aliphatic heterocycles. The van der Waals surface area contributed by atoms with Crippen LogP contribution in [-0.4, -0.2) is 18.0 Å². The van der Waals surface area contributed by atoms with E-state index in [4.69, 9.17) is 5.73 Å². The van der Waals surface area contributed by atoms with Crippen molar-refractivity contribution in [3.8, 4) is 0 Å². The molecule has 1 aromatic rings. The van der Waals surface area contributed by atoms with Crippen molar-refractivity contribution in [3.05, 3.63) is 35.4 Å².